The highest BCUT2D eigenvalue weighted by Crippen LogP contribution is 2.22. The second kappa shape index (κ2) is 4.36. The summed E-state index contributed by atoms with van der Waals surface area (Å²) in [5, 5.41) is 1.10. The first-order valence-corrected chi connectivity index (χ1v) is 5.97. The molecule has 2 nitrogen and oxygen atoms in total. The number of para-hydroxylation sites is 1. The SMILES string of the molecule is CC(C)(C)C(=O)CCc1cc2ccccc2o1. The van der Waals surface area contributed by atoms with E-state index in [9.17, 15) is 4.79 Å². The van der Waals surface area contributed by atoms with Crippen LogP contribution < -0.4 is 0 Å². The molecule has 0 bridgehead atoms. The monoisotopic (exact) mass is 230 g/mol. The van der Waals surface area contributed by atoms with Crippen molar-refractivity contribution in [3.8, 4) is 0 Å². The van der Waals surface area contributed by atoms with Crippen LogP contribution in [-0.2, 0) is 11.2 Å². The molecule has 0 aliphatic carbocycles. The molecular formula is C15H18O2. The Bertz CT molecular complexity index is 496. The van der Waals surface area contributed by atoms with Crippen LogP contribution in [-0.4, -0.2) is 5.78 Å². The van der Waals surface area contributed by atoms with Crippen molar-refractivity contribution in [2.75, 3.05) is 0 Å². The molecular weight excluding hydrogens is 212 g/mol. The van der Waals surface area contributed by atoms with E-state index in [1.54, 1.807) is 0 Å². The van der Waals surface area contributed by atoms with Crippen LogP contribution in [0.25, 0.3) is 11.0 Å². The van der Waals surface area contributed by atoms with Gasteiger partial charge in [0.1, 0.15) is 17.1 Å². The number of hydrogen-bond donors (Lipinski definition) is 0. The molecule has 17 heavy (non-hydrogen) atoms. The Labute approximate surface area is 102 Å². The number of furan rings is 1. The van der Waals surface area contributed by atoms with Crippen LogP contribution >= 0.6 is 0 Å². The highest BCUT2D eigenvalue weighted by atomic mass is 16.3. The molecule has 0 aliphatic heterocycles. The van der Waals surface area contributed by atoms with Crippen LogP contribution in [0.1, 0.15) is 33.0 Å². The van der Waals surface area contributed by atoms with Gasteiger partial charge in [-0.05, 0) is 12.1 Å². The molecule has 2 heteroatoms. The number of fused-ring (bicyclic) bond motifs is 1. The zero-order valence-electron chi connectivity index (χ0n) is 10.6. The van der Waals surface area contributed by atoms with Crippen molar-refractivity contribution in [3.63, 3.8) is 0 Å². The van der Waals surface area contributed by atoms with Gasteiger partial charge in [0.25, 0.3) is 0 Å². The third kappa shape index (κ3) is 2.76. The fourth-order valence-electron chi connectivity index (χ4n) is 1.77. The number of rotatable bonds is 3. The number of hydrogen-bond acceptors (Lipinski definition) is 2. The standard InChI is InChI=1S/C15H18O2/c1-15(2,3)14(16)9-8-12-10-11-6-4-5-7-13(11)17-12/h4-7,10H,8-9H2,1-3H3. The van der Waals surface area contributed by atoms with Crippen LogP contribution in [0.4, 0.5) is 0 Å². The van der Waals surface area contributed by atoms with Crippen LogP contribution in [0.3, 0.4) is 0 Å². The van der Waals surface area contributed by atoms with Crippen molar-refractivity contribution < 1.29 is 9.21 Å². The number of carbonyl (C=O) groups is 1. The third-order valence-electron chi connectivity index (χ3n) is 2.91. The van der Waals surface area contributed by atoms with Gasteiger partial charge in [-0.1, -0.05) is 39.0 Å². The van der Waals surface area contributed by atoms with Crippen LogP contribution in [0.5, 0.6) is 0 Å². The molecule has 0 saturated carbocycles. The third-order valence-corrected chi connectivity index (χ3v) is 2.91. The summed E-state index contributed by atoms with van der Waals surface area (Å²) in [6.45, 7) is 5.86. The molecule has 0 aliphatic rings. The number of carbonyl (C=O) groups excluding carboxylic acids is 1. The van der Waals surface area contributed by atoms with Gasteiger partial charge in [-0.15, -0.1) is 0 Å². The van der Waals surface area contributed by atoms with E-state index in [0.717, 1.165) is 16.7 Å². The predicted molar refractivity (Wildman–Crippen MR) is 69.0 cm³/mol. The Hall–Kier alpha value is -1.57. The zero-order valence-corrected chi connectivity index (χ0v) is 10.6. The van der Waals surface area contributed by atoms with Crippen LogP contribution in [0, 0.1) is 5.41 Å². The van der Waals surface area contributed by atoms with E-state index in [2.05, 4.69) is 0 Å². The quantitative estimate of drug-likeness (QED) is 0.798. The largest absolute Gasteiger partial charge is 0.461 e. The smallest absolute Gasteiger partial charge is 0.138 e. The van der Waals surface area contributed by atoms with Gasteiger partial charge in [-0.25, -0.2) is 0 Å². The summed E-state index contributed by atoms with van der Waals surface area (Å²) in [5.74, 6) is 1.17. The second-order valence-electron chi connectivity index (χ2n) is 5.42. The topological polar surface area (TPSA) is 30.2 Å². The van der Waals surface area contributed by atoms with Crippen molar-refractivity contribution in [3.05, 3.63) is 36.1 Å². The first-order chi connectivity index (χ1) is 7.97. The van der Waals surface area contributed by atoms with Crippen molar-refractivity contribution in [2.24, 2.45) is 5.41 Å². The molecule has 1 aromatic heterocycles. The normalized spacial score (nSPS) is 11.9. The lowest BCUT2D eigenvalue weighted by Gasteiger charge is -2.15. The van der Waals surface area contributed by atoms with Crippen molar-refractivity contribution in [2.45, 2.75) is 33.6 Å². The van der Waals surface area contributed by atoms with Gasteiger partial charge in [0.2, 0.25) is 0 Å². The summed E-state index contributed by atoms with van der Waals surface area (Å²) in [5.41, 5.74) is 0.636. The van der Waals surface area contributed by atoms with E-state index in [-0.39, 0.29) is 11.2 Å². The maximum absolute atomic E-state index is 11.8. The molecule has 0 radical (unpaired) electrons. The molecule has 1 aromatic carbocycles. The number of benzene rings is 1. The number of aryl methyl sites for hydroxylation is 1. The lowest BCUT2D eigenvalue weighted by atomic mass is 9.88. The van der Waals surface area contributed by atoms with E-state index >= 15 is 0 Å². The maximum Gasteiger partial charge on any atom is 0.138 e. The lowest BCUT2D eigenvalue weighted by molar-refractivity contribution is -0.126. The maximum atomic E-state index is 11.8. The molecule has 2 rings (SSSR count). The molecule has 0 spiro atoms. The molecule has 0 N–H and O–H groups in total. The summed E-state index contributed by atoms with van der Waals surface area (Å²) in [7, 11) is 0. The van der Waals surface area contributed by atoms with E-state index in [0.29, 0.717) is 12.8 Å². The van der Waals surface area contributed by atoms with Gasteiger partial charge in [-0.3, -0.25) is 4.79 Å². The summed E-state index contributed by atoms with van der Waals surface area (Å²) >= 11 is 0. The number of ketones is 1. The minimum absolute atomic E-state index is 0.258. The van der Waals surface area contributed by atoms with E-state index in [4.69, 9.17) is 4.42 Å². The number of Topliss-reactive ketones (excluding diaryl/α,β-unsaturated/α-hetero) is 1. The Balaban J connectivity index is 2.07. The fourth-order valence-corrected chi connectivity index (χ4v) is 1.77. The van der Waals surface area contributed by atoms with E-state index in [1.807, 2.05) is 51.1 Å². The Morgan fingerprint density at radius 3 is 2.59 bits per heavy atom. The lowest BCUT2D eigenvalue weighted by Crippen LogP contribution is -2.20. The summed E-state index contributed by atoms with van der Waals surface area (Å²) < 4.78 is 5.68. The van der Waals surface area contributed by atoms with E-state index in [1.165, 1.54) is 0 Å². The Morgan fingerprint density at radius 2 is 1.94 bits per heavy atom. The molecule has 90 valence electrons. The van der Waals surface area contributed by atoms with Crippen LogP contribution in [0.2, 0.25) is 0 Å². The van der Waals surface area contributed by atoms with Gasteiger partial charge in [0.05, 0.1) is 0 Å². The molecule has 2 aromatic rings. The van der Waals surface area contributed by atoms with Gasteiger partial charge in [0.15, 0.2) is 0 Å². The highest BCUT2D eigenvalue weighted by molar-refractivity contribution is 5.84. The first-order valence-electron chi connectivity index (χ1n) is 5.97. The summed E-state index contributed by atoms with van der Waals surface area (Å²) in [6, 6.07) is 9.93. The minimum atomic E-state index is -0.258. The van der Waals surface area contributed by atoms with Crippen LogP contribution in [0.15, 0.2) is 34.7 Å². The first kappa shape index (κ1) is 11.9. The fraction of sp³-hybridized carbons (Fsp3) is 0.400. The van der Waals surface area contributed by atoms with Crippen molar-refractivity contribution >= 4 is 16.8 Å². The van der Waals surface area contributed by atoms with Gasteiger partial charge >= 0.3 is 0 Å². The van der Waals surface area contributed by atoms with Gasteiger partial charge < -0.3 is 4.42 Å². The Morgan fingerprint density at radius 1 is 1.24 bits per heavy atom. The van der Waals surface area contributed by atoms with Gasteiger partial charge in [-0.2, -0.15) is 0 Å². The predicted octanol–water partition coefficient (Wildman–Crippen LogP) is 3.98. The average molecular weight is 230 g/mol. The molecule has 0 fully saturated rings. The van der Waals surface area contributed by atoms with Crippen molar-refractivity contribution in [1.82, 2.24) is 0 Å². The summed E-state index contributed by atoms with van der Waals surface area (Å²) in [4.78, 5) is 11.8. The molecule has 0 unspecified atom stereocenters. The molecule has 0 atom stereocenters. The minimum Gasteiger partial charge on any atom is -0.461 e. The average Bonchev–Trinajstić information content (AvgIpc) is 2.66. The van der Waals surface area contributed by atoms with E-state index < -0.39 is 0 Å². The second-order valence-corrected chi connectivity index (χ2v) is 5.42. The molecule has 0 saturated heterocycles. The molecule has 0 amide bonds. The highest BCUT2D eigenvalue weighted by Gasteiger charge is 2.20. The molecule has 1 heterocycles. The zero-order chi connectivity index (χ0) is 12.5. The summed E-state index contributed by atoms with van der Waals surface area (Å²) in [6.07, 6.45) is 1.23. The van der Waals surface area contributed by atoms with Crippen molar-refractivity contribution in [1.29, 1.82) is 0 Å². The van der Waals surface area contributed by atoms with Gasteiger partial charge in [0, 0.05) is 23.6 Å². The Kier molecular flexibility index (Phi) is 3.05.